The van der Waals surface area contributed by atoms with E-state index in [9.17, 15) is 4.79 Å². The van der Waals surface area contributed by atoms with E-state index >= 15 is 0 Å². The summed E-state index contributed by atoms with van der Waals surface area (Å²) >= 11 is 0. The average Bonchev–Trinajstić information content (AvgIpc) is 3.16. The summed E-state index contributed by atoms with van der Waals surface area (Å²) in [6.07, 6.45) is 2.48. The standard InChI is InChI=1S/C15H25N5O2/c1-3-20-8-4-5-11(20)9-18-15(17-2)19-10-12-6-7-13(22-12)14(16)21/h6-7,11H,3-5,8-10H2,1-2H3,(H2,16,21)(H2,17,18,19). The fourth-order valence-corrected chi connectivity index (χ4v) is 2.75. The number of likely N-dealkylation sites (N-methyl/N-ethyl adjacent to an activating group) is 1. The second kappa shape index (κ2) is 7.84. The molecule has 1 aliphatic heterocycles. The molecule has 0 radical (unpaired) electrons. The number of hydrogen-bond donors (Lipinski definition) is 3. The van der Waals surface area contributed by atoms with E-state index < -0.39 is 5.91 Å². The molecule has 1 aromatic heterocycles. The lowest BCUT2D eigenvalue weighted by atomic mass is 10.2. The molecule has 1 aliphatic rings. The molecule has 1 atom stereocenters. The number of primary amides is 1. The number of furan rings is 1. The molecule has 2 heterocycles. The Bertz CT molecular complexity index is 526. The highest BCUT2D eigenvalue weighted by Gasteiger charge is 2.22. The van der Waals surface area contributed by atoms with Crippen LogP contribution >= 0.6 is 0 Å². The maximum Gasteiger partial charge on any atom is 0.284 e. The number of nitrogens with zero attached hydrogens (tertiary/aromatic N) is 2. The zero-order valence-corrected chi connectivity index (χ0v) is 13.3. The van der Waals surface area contributed by atoms with Crippen LogP contribution in [0.4, 0.5) is 0 Å². The number of guanidine groups is 1. The molecule has 0 bridgehead atoms. The van der Waals surface area contributed by atoms with Crippen LogP contribution in [-0.4, -0.2) is 49.5 Å². The SMILES string of the molecule is CCN1CCCC1CNC(=NC)NCc1ccc(C(N)=O)o1. The lowest BCUT2D eigenvalue weighted by Crippen LogP contribution is -2.44. The van der Waals surface area contributed by atoms with Gasteiger partial charge in [0.15, 0.2) is 11.7 Å². The van der Waals surface area contributed by atoms with Crippen molar-refractivity contribution in [3.8, 4) is 0 Å². The van der Waals surface area contributed by atoms with Gasteiger partial charge in [0.25, 0.3) is 5.91 Å². The van der Waals surface area contributed by atoms with Crippen molar-refractivity contribution in [3.05, 3.63) is 23.7 Å². The number of hydrogen-bond acceptors (Lipinski definition) is 4. The third kappa shape index (κ3) is 4.24. The van der Waals surface area contributed by atoms with Crippen LogP contribution in [0.5, 0.6) is 0 Å². The Hall–Kier alpha value is -2.02. The first-order valence-corrected chi connectivity index (χ1v) is 7.71. The molecule has 1 fully saturated rings. The Morgan fingerprint density at radius 2 is 2.32 bits per heavy atom. The summed E-state index contributed by atoms with van der Waals surface area (Å²) in [7, 11) is 1.73. The van der Waals surface area contributed by atoms with E-state index in [-0.39, 0.29) is 5.76 Å². The number of likely N-dealkylation sites (tertiary alicyclic amines) is 1. The zero-order valence-electron chi connectivity index (χ0n) is 13.3. The van der Waals surface area contributed by atoms with Crippen LogP contribution in [0.25, 0.3) is 0 Å². The van der Waals surface area contributed by atoms with Crippen LogP contribution in [0.3, 0.4) is 0 Å². The van der Waals surface area contributed by atoms with Crippen molar-refractivity contribution in [1.82, 2.24) is 15.5 Å². The highest BCUT2D eigenvalue weighted by atomic mass is 16.3. The summed E-state index contributed by atoms with van der Waals surface area (Å²) in [6, 6.07) is 3.87. The number of carbonyl (C=O) groups is 1. The van der Waals surface area contributed by atoms with Crippen molar-refractivity contribution in [3.63, 3.8) is 0 Å². The normalized spacial score (nSPS) is 19.4. The minimum Gasteiger partial charge on any atom is -0.454 e. The van der Waals surface area contributed by atoms with Gasteiger partial charge in [-0.2, -0.15) is 0 Å². The molecule has 2 rings (SSSR count). The second-order valence-electron chi connectivity index (χ2n) is 5.36. The lowest BCUT2D eigenvalue weighted by molar-refractivity contribution is 0.0972. The van der Waals surface area contributed by atoms with Gasteiger partial charge in [-0.25, -0.2) is 0 Å². The van der Waals surface area contributed by atoms with Gasteiger partial charge in [-0.15, -0.1) is 0 Å². The Kier molecular flexibility index (Phi) is 5.83. The number of aliphatic imine (C=N–C) groups is 1. The maximum absolute atomic E-state index is 11.0. The van der Waals surface area contributed by atoms with Crippen LogP contribution < -0.4 is 16.4 Å². The smallest absolute Gasteiger partial charge is 0.284 e. The van der Waals surface area contributed by atoms with E-state index in [1.165, 1.54) is 19.4 Å². The molecule has 7 heteroatoms. The van der Waals surface area contributed by atoms with Crippen LogP contribution in [0, 0.1) is 0 Å². The largest absolute Gasteiger partial charge is 0.454 e. The number of carbonyl (C=O) groups excluding carboxylic acids is 1. The van der Waals surface area contributed by atoms with Gasteiger partial charge in [0, 0.05) is 19.6 Å². The monoisotopic (exact) mass is 307 g/mol. The van der Waals surface area contributed by atoms with Crippen molar-refractivity contribution in [2.45, 2.75) is 32.4 Å². The minimum absolute atomic E-state index is 0.171. The summed E-state index contributed by atoms with van der Waals surface area (Å²) in [6.45, 7) is 5.78. The predicted octanol–water partition coefficient (Wildman–Crippen LogP) is 0.528. The quantitative estimate of drug-likeness (QED) is 0.526. The van der Waals surface area contributed by atoms with Gasteiger partial charge in [0.05, 0.1) is 6.54 Å². The van der Waals surface area contributed by atoms with Gasteiger partial charge in [-0.3, -0.25) is 14.7 Å². The van der Waals surface area contributed by atoms with Crippen LogP contribution in [0.2, 0.25) is 0 Å². The summed E-state index contributed by atoms with van der Waals surface area (Å²) in [5.41, 5.74) is 5.16. The number of nitrogens with one attached hydrogen (secondary N) is 2. The van der Waals surface area contributed by atoms with Gasteiger partial charge in [-0.05, 0) is 38.1 Å². The van der Waals surface area contributed by atoms with Crippen LogP contribution in [-0.2, 0) is 6.54 Å². The summed E-state index contributed by atoms with van der Waals surface area (Å²) in [4.78, 5) is 17.7. The Morgan fingerprint density at radius 1 is 1.50 bits per heavy atom. The van der Waals surface area contributed by atoms with Gasteiger partial charge in [0.1, 0.15) is 5.76 Å². The third-order valence-corrected chi connectivity index (χ3v) is 3.97. The molecule has 1 amide bonds. The summed E-state index contributed by atoms with van der Waals surface area (Å²) in [5.74, 6) is 0.978. The molecule has 0 aromatic carbocycles. The maximum atomic E-state index is 11.0. The highest BCUT2D eigenvalue weighted by molar-refractivity contribution is 5.89. The van der Waals surface area contributed by atoms with Crippen molar-refractivity contribution in [2.75, 3.05) is 26.7 Å². The molecular weight excluding hydrogens is 282 g/mol. The molecule has 0 saturated carbocycles. The molecule has 22 heavy (non-hydrogen) atoms. The first-order valence-electron chi connectivity index (χ1n) is 7.71. The van der Waals surface area contributed by atoms with E-state index in [2.05, 4.69) is 27.4 Å². The first-order chi connectivity index (χ1) is 10.6. The molecule has 122 valence electrons. The Balaban J connectivity index is 1.78. The van der Waals surface area contributed by atoms with Gasteiger partial charge in [0.2, 0.25) is 0 Å². The van der Waals surface area contributed by atoms with Crippen molar-refractivity contribution >= 4 is 11.9 Å². The first kappa shape index (κ1) is 16.4. The van der Waals surface area contributed by atoms with E-state index in [1.807, 2.05) is 0 Å². The summed E-state index contributed by atoms with van der Waals surface area (Å²) in [5, 5.41) is 6.51. The van der Waals surface area contributed by atoms with Gasteiger partial charge >= 0.3 is 0 Å². The molecule has 0 spiro atoms. The van der Waals surface area contributed by atoms with Gasteiger partial charge < -0.3 is 20.8 Å². The van der Waals surface area contributed by atoms with Crippen molar-refractivity contribution < 1.29 is 9.21 Å². The fourth-order valence-electron chi connectivity index (χ4n) is 2.75. The van der Waals surface area contributed by atoms with E-state index in [0.717, 1.165) is 19.0 Å². The zero-order chi connectivity index (χ0) is 15.9. The van der Waals surface area contributed by atoms with Crippen molar-refractivity contribution in [2.24, 2.45) is 10.7 Å². The second-order valence-corrected chi connectivity index (χ2v) is 5.36. The van der Waals surface area contributed by atoms with Crippen LogP contribution in [0.15, 0.2) is 21.5 Å². The number of nitrogens with two attached hydrogens (primary N) is 1. The Morgan fingerprint density at radius 3 is 2.95 bits per heavy atom. The highest BCUT2D eigenvalue weighted by Crippen LogP contribution is 2.15. The van der Waals surface area contributed by atoms with E-state index in [0.29, 0.717) is 18.3 Å². The molecule has 7 nitrogen and oxygen atoms in total. The minimum atomic E-state index is -0.561. The summed E-state index contributed by atoms with van der Waals surface area (Å²) < 4.78 is 5.32. The predicted molar refractivity (Wildman–Crippen MR) is 85.7 cm³/mol. The number of rotatable bonds is 6. The molecule has 4 N–H and O–H groups in total. The van der Waals surface area contributed by atoms with E-state index in [4.69, 9.17) is 10.2 Å². The molecular formula is C15H25N5O2. The van der Waals surface area contributed by atoms with Crippen molar-refractivity contribution in [1.29, 1.82) is 0 Å². The molecule has 1 aromatic rings. The third-order valence-electron chi connectivity index (χ3n) is 3.97. The van der Waals surface area contributed by atoms with Gasteiger partial charge in [-0.1, -0.05) is 6.92 Å². The topological polar surface area (TPSA) is 95.9 Å². The lowest BCUT2D eigenvalue weighted by Gasteiger charge is -2.23. The fraction of sp³-hybridized carbons (Fsp3) is 0.600. The van der Waals surface area contributed by atoms with Crippen LogP contribution in [0.1, 0.15) is 36.1 Å². The molecule has 0 aliphatic carbocycles. The molecule has 1 unspecified atom stereocenters. The Labute approximate surface area is 130 Å². The number of amides is 1. The average molecular weight is 307 g/mol. The van der Waals surface area contributed by atoms with E-state index in [1.54, 1.807) is 19.2 Å². The molecule has 1 saturated heterocycles.